The van der Waals surface area contributed by atoms with Crippen molar-refractivity contribution in [2.45, 2.75) is 19.3 Å². The lowest BCUT2D eigenvalue weighted by atomic mass is 9.98. The van der Waals surface area contributed by atoms with Crippen LogP contribution in [0.15, 0.2) is 46.9 Å². The highest BCUT2D eigenvalue weighted by Gasteiger charge is 2.31. The summed E-state index contributed by atoms with van der Waals surface area (Å²) in [7, 11) is 0. The number of benzene rings is 2. The monoisotopic (exact) mass is 425 g/mol. The second-order valence-corrected chi connectivity index (χ2v) is 5.63. The fourth-order valence-electron chi connectivity index (χ4n) is 2.11. The van der Waals surface area contributed by atoms with Crippen LogP contribution < -0.4 is 15.2 Å². The van der Waals surface area contributed by atoms with Gasteiger partial charge in [-0.2, -0.15) is 0 Å². The molecule has 2 rings (SSSR count). The number of nitrogens with two attached hydrogens (primary N) is 1. The second kappa shape index (κ2) is 8.60. The first kappa shape index (κ1) is 20.6. The molecule has 3 nitrogen and oxygen atoms in total. The number of ether oxygens (including phenoxy) is 2. The predicted octanol–water partition coefficient (Wildman–Crippen LogP) is 5.22. The number of halogens is 5. The summed E-state index contributed by atoms with van der Waals surface area (Å²) in [6, 6.07) is 10.4. The summed E-state index contributed by atoms with van der Waals surface area (Å²) in [4.78, 5) is 0. The maximum atomic E-state index is 12.2. The van der Waals surface area contributed by atoms with Crippen LogP contribution in [0.1, 0.15) is 24.1 Å². The molecule has 0 unspecified atom stereocenters. The van der Waals surface area contributed by atoms with Gasteiger partial charge in [-0.25, -0.2) is 0 Å². The summed E-state index contributed by atoms with van der Waals surface area (Å²) in [6.45, 7) is 2.35. The molecule has 8 heteroatoms. The van der Waals surface area contributed by atoms with Gasteiger partial charge in [-0.1, -0.05) is 28.1 Å². The molecule has 2 N–H and O–H groups in total. The molecule has 0 spiro atoms. The summed E-state index contributed by atoms with van der Waals surface area (Å²) in [5.41, 5.74) is 7.62. The van der Waals surface area contributed by atoms with Crippen molar-refractivity contribution < 1.29 is 22.6 Å². The Morgan fingerprint density at radius 2 is 1.75 bits per heavy atom. The van der Waals surface area contributed by atoms with E-state index < -0.39 is 12.4 Å². The molecule has 0 aliphatic carbocycles. The number of rotatable bonds is 5. The van der Waals surface area contributed by atoms with Crippen molar-refractivity contribution >= 4 is 28.3 Å². The Morgan fingerprint density at radius 1 is 1.12 bits per heavy atom. The van der Waals surface area contributed by atoms with Crippen LogP contribution in [0.2, 0.25) is 0 Å². The van der Waals surface area contributed by atoms with Crippen LogP contribution in [0.5, 0.6) is 11.5 Å². The van der Waals surface area contributed by atoms with Crippen molar-refractivity contribution in [1.29, 1.82) is 0 Å². The first-order valence-electron chi connectivity index (χ1n) is 6.83. The third kappa shape index (κ3) is 5.58. The fraction of sp³-hybridized carbons (Fsp3) is 0.250. The van der Waals surface area contributed by atoms with Crippen LogP contribution in [-0.2, 0) is 0 Å². The summed E-state index contributed by atoms with van der Waals surface area (Å²) < 4.78 is 46.8. The lowest BCUT2D eigenvalue weighted by molar-refractivity contribution is -0.274. The standard InChI is InChI=1S/C16H15BrF3NO2.ClH/c1-2-22-14-8-5-11(17)9-13(14)15(21)10-3-6-12(7-4-10)23-16(18,19)20;/h3-9,15H,2,21H2,1H3;1H/t15-;/m1./s1. The molecule has 0 aromatic heterocycles. The van der Waals surface area contributed by atoms with Gasteiger partial charge in [0.15, 0.2) is 0 Å². The second-order valence-electron chi connectivity index (χ2n) is 4.71. The minimum absolute atomic E-state index is 0. The van der Waals surface area contributed by atoms with Crippen LogP contribution >= 0.6 is 28.3 Å². The SMILES string of the molecule is CCOc1ccc(Br)cc1[C@H](N)c1ccc(OC(F)(F)F)cc1.Cl. The molecule has 2 aromatic rings. The topological polar surface area (TPSA) is 44.5 Å². The Morgan fingerprint density at radius 3 is 2.29 bits per heavy atom. The van der Waals surface area contributed by atoms with E-state index in [4.69, 9.17) is 10.5 Å². The van der Waals surface area contributed by atoms with Crippen LogP contribution in [0.4, 0.5) is 13.2 Å². The van der Waals surface area contributed by atoms with Gasteiger partial charge >= 0.3 is 6.36 Å². The Balaban J connectivity index is 0.00000288. The van der Waals surface area contributed by atoms with Crippen molar-refractivity contribution in [3.8, 4) is 11.5 Å². The van der Waals surface area contributed by atoms with Crippen molar-refractivity contribution in [1.82, 2.24) is 0 Å². The van der Waals surface area contributed by atoms with Gasteiger partial charge in [0, 0.05) is 10.0 Å². The lowest BCUT2D eigenvalue weighted by Gasteiger charge is -2.18. The third-order valence-corrected chi connectivity index (χ3v) is 3.57. The number of alkyl halides is 3. The molecule has 132 valence electrons. The van der Waals surface area contributed by atoms with E-state index >= 15 is 0 Å². The first-order chi connectivity index (χ1) is 10.8. The smallest absolute Gasteiger partial charge is 0.494 e. The summed E-state index contributed by atoms with van der Waals surface area (Å²) in [6.07, 6.45) is -4.71. The van der Waals surface area contributed by atoms with Crippen LogP contribution in [0.25, 0.3) is 0 Å². The molecular formula is C16H16BrClF3NO2. The molecule has 0 fully saturated rings. The van der Waals surface area contributed by atoms with E-state index in [0.717, 1.165) is 10.0 Å². The summed E-state index contributed by atoms with van der Waals surface area (Å²) in [5, 5.41) is 0. The minimum atomic E-state index is -4.71. The van der Waals surface area contributed by atoms with E-state index in [1.54, 1.807) is 6.07 Å². The van der Waals surface area contributed by atoms with Gasteiger partial charge in [-0.15, -0.1) is 25.6 Å². The maximum absolute atomic E-state index is 12.2. The van der Waals surface area contributed by atoms with E-state index in [9.17, 15) is 13.2 Å². The van der Waals surface area contributed by atoms with Gasteiger partial charge in [0.2, 0.25) is 0 Å². The van der Waals surface area contributed by atoms with Gasteiger partial charge in [0.1, 0.15) is 11.5 Å². The number of hydrogen-bond donors (Lipinski definition) is 1. The summed E-state index contributed by atoms with van der Waals surface area (Å²) >= 11 is 3.38. The molecule has 24 heavy (non-hydrogen) atoms. The molecule has 0 aliphatic rings. The molecule has 0 radical (unpaired) electrons. The molecule has 0 heterocycles. The van der Waals surface area contributed by atoms with E-state index in [2.05, 4.69) is 20.7 Å². The van der Waals surface area contributed by atoms with Gasteiger partial charge < -0.3 is 15.2 Å². The van der Waals surface area contributed by atoms with Crippen molar-refractivity contribution in [2.24, 2.45) is 5.73 Å². The Kier molecular flexibility index (Phi) is 7.38. The first-order valence-corrected chi connectivity index (χ1v) is 7.63. The highest BCUT2D eigenvalue weighted by atomic mass is 79.9. The molecule has 1 atom stereocenters. The quantitative estimate of drug-likeness (QED) is 0.713. The molecule has 0 aliphatic heterocycles. The average Bonchev–Trinajstić information content (AvgIpc) is 2.48. The molecule has 0 saturated heterocycles. The van der Waals surface area contributed by atoms with Crippen molar-refractivity contribution in [3.63, 3.8) is 0 Å². The highest BCUT2D eigenvalue weighted by molar-refractivity contribution is 9.10. The third-order valence-electron chi connectivity index (χ3n) is 3.08. The highest BCUT2D eigenvalue weighted by Crippen LogP contribution is 2.32. The predicted molar refractivity (Wildman–Crippen MR) is 91.7 cm³/mol. The minimum Gasteiger partial charge on any atom is -0.494 e. The molecule has 0 amide bonds. The van der Waals surface area contributed by atoms with E-state index in [1.807, 2.05) is 19.1 Å². The lowest BCUT2D eigenvalue weighted by Crippen LogP contribution is -2.17. The van der Waals surface area contributed by atoms with Crippen LogP contribution in [0.3, 0.4) is 0 Å². The van der Waals surface area contributed by atoms with Crippen LogP contribution in [0, 0.1) is 0 Å². The summed E-state index contributed by atoms with van der Waals surface area (Å²) in [5.74, 6) is 0.353. The molecule has 0 saturated carbocycles. The van der Waals surface area contributed by atoms with Gasteiger partial charge in [0.25, 0.3) is 0 Å². The van der Waals surface area contributed by atoms with E-state index in [0.29, 0.717) is 17.9 Å². The van der Waals surface area contributed by atoms with Crippen molar-refractivity contribution in [2.75, 3.05) is 6.61 Å². The Labute approximate surface area is 152 Å². The van der Waals surface area contributed by atoms with Crippen molar-refractivity contribution in [3.05, 3.63) is 58.1 Å². The number of hydrogen-bond acceptors (Lipinski definition) is 3. The maximum Gasteiger partial charge on any atom is 0.573 e. The molecule has 2 aromatic carbocycles. The zero-order chi connectivity index (χ0) is 17.0. The zero-order valence-corrected chi connectivity index (χ0v) is 15.0. The molecule has 0 bridgehead atoms. The largest absolute Gasteiger partial charge is 0.573 e. The van der Waals surface area contributed by atoms with Crippen LogP contribution in [-0.4, -0.2) is 13.0 Å². The zero-order valence-electron chi connectivity index (χ0n) is 12.6. The van der Waals surface area contributed by atoms with Gasteiger partial charge in [-0.05, 0) is 42.8 Å². The Bertz CT molecular complexity index is 665. The van der Waals surface area contributed by atoms with E-state index in [1.165, 1.54) is 24.3 Å². The van der Waals surface area contributed by atoms with E-state index in [-0.39, 0.29) is 18.2 Å². The normalized spacial score (nSPS) is 12.2. The molecular weight excluding hydrogens is 411 g/mol. The van der Waals surface area contributed by atoms with Gasteiger partial charge in [0.05, 0.1) is 12.6 Å². The van der Waals surface area contributed by atoms with Gasteiger partial charge in [-0.3, -0.25) is 0 Å². The Hall–Kier alpha value is -1.44. The average molecular weight is 427 g/mol. The fourth-order valence-corrected chi connectivity index (χ4v) is 2.48.